The SMILES string of the molecule is CN(C(=O)c1nn(C)c2ccccc12)C1CCSCC1. The highest BCUT2D eigenvalue weighted by atomic mass is 32.2. The number of thioether (sulfide) groups is 1. The van der Waals surface area contributed by atoms with Gasteiger partial charge < -0.3 is 4.90 Å². The Morgan fingerprint density at radius 2 is 2.05 bits per heavy atom. The second kappa shape index (κ2) is 5.48. The van der Waals surface area contributed by atoms with E-state index in [4.69, 9.17) is 0 Å². The number of benzene rings is 1. The van der Waals surface area contributed by atoms with Crippen LogP contribution in [-0.4, -0.2) is 45.2 Å². The van der Waals surface area contributed by atoms with Crippen molar-refractivity contribution < 1.29 is 4.79 Å². The number of hydrogen-bond donors (Lipinski definition) is 0. The molecule has 5 heteroatoms. The van der Waals surface area contributed by atoms with E-state index >= 15 is 0 Å². The Kier molecular flexibility index (Phi) is 3.70. The summed E-state index contributed by atoms with van der Waals surface area (Å²) in [7, 11) is 3.79. The number of amides is 1. The van der Waals surface area contributed by atoms with E-state index in [0.717, 1.165) is 35.3 Å². The predicted octanol–water partition coefficient (Wildman–Crippen LogP) is 2.54. The molecule has 0 bridgehead atoms. The van der Waals surface area contributed by atoms with Crippen molar-refractivity contribution >= 4 is 28.6 Å². The van der Waals surface area contributed by atoms with Crippen LogP contribution in [0.4, 0.5) is 0 Å². The van der Waals surface area contributed by atoms with E-state index in [0.29, 0.717) is 11.7 Å². The van der Waals surface area contributed by atoms with Crippen molar-refractivity contribution in [2.24, 2.45) is 7.05 Å². The van der Waals surface area contributed by atoms with E-state index in [2.05, 4.69) is 5.10 Å². The number of carbonyl (C=O) groups is 1. The topological polar surface area (TPSA) is 38.1 Å². The summed E-state index contributed by atoms with van der Waals surface area (Å²) in [5.41, 5.74) is 1.58. The molecular weight excluding hydrogens is 270 g/mol. The van der Waals surface area contributed by atoms with E-state index in [1.165, 1.54) is 0 Å². The lowest BCUT2D eigenvalue weighted by Crippen LogP contribution is -2.39. The monoisotopic (exact) mass is 289 g/mol. The summed E-state index contributed by atoms with van der Waals surface area (Å²) in [6, 6.07) is 8.25. The van der Waals surface area contributed by atoms with Crippen LogP contribution in [0, 0.1) is 0 Å². The van der Waals surface area contributed by atoms with Crippen molar-refractivity contribution in [2.75, 3.05) is 18.6 Å². The largest absolute Gasteiger partial charge is 0.337 e. The van der Waals surface area contributed by atoms with Gasteiger partial charge in [0.15, 0.2) is 5.69 Å². The molecule has 4 nitrogen and oxygen atoms in total. The number of aromatic nitrogens is 2. The highest BCUT2D eigenvalue weighted by Gasteiger charge is 2.26. The fourth-order valence-electron chi connectivity index (χ4n) is 2.78. The molecule has 1 aromatic carbocycles. The maximum Gasteiger partial charge on any atom is 0.274 e. The third-order valence-electron chi connectivity index (χ3n) is 4.02. The Labute approximate surface area is 123 Å². The average molecular weight is 289 g/mol. The first-order valence-electron chi connectivity index (χ1n) is 6.95. The highest BCUT2D eigenvalue weighted by molar-refractivity contribution is 7.99. The summed E-state index contributed by atoms with van der Waals surface area (Å²) in [5.74, 6) is 2.33. The van der Waals surface area contributed by atoms with Crippen LogP contribution in [0.1, 0.15) is 23.3 Å². The van der Waals surface area contributed by atoms with Crippen molar-refractivity contribution in [2.45, 2.75) is 18.9 Å². The maximum absolute atomic E-state index is 12.7. The van der Waals surface area contributed by atoms with Gasteiger partial charge in [-0.15, -0.1) is 0 Å². The summed E-state index contributed by atoms with van der Waals surface area (Å²) in [5, 5.41) is 5.37. The molecule has 1 aliphatic heterocycles. The lowest BCUT2D eigenvalue weighted by atomic mass is 10.1. The van der Waals surface area contributed by atoms with Gasteiger partial charge in [0.25, 0.3) is 5.91 Å². The van der Waals surface area contributed by atoms with Crippen LogP contribution in [0.25, 0.3) is 10.9 Å². The number of para-hydroxylation sites is 1. The summed E-state index contributed by atoms with van der Waals surface area (Å²) in [6.07, 6.45) is 2.16. The number of hydrogen-bond acceptors (Lipinski definition) is 3. The molecule has 0 aliphatic carbocycles. The molecule has 106 valence electrons. The second-order valence-electron chi connectivity index (χ2n) is 5.25. The number of nitrogens with zero attached hydrogens (tertiary/aromatic N) is 3. The lowest BCUT2D eigenvalue weighted by molar-refractivity contribution is 0.0718. The van der Waals surface area contributed by atoms with Gasteiger partial charge in [0.1, 0.15) is 0 Å². The summed E-state index contributed by atoms with van der Waals surface area (Å²) < 4.78 is 1.78. The Balaban J connectivity index is 1.92. The molecule has 1 aromatic heterocycles. The van der Waals surface area contributed by atoms with E-state index in [1.54, 1.807) is 4.68 Å². The number of rotatable bonds is 2. The van der Waals surface area contributed by atoms with Crippen molar-refractivity contribution in [3.05, 3.63) is 30.0 Å². The minimum atomic E-state index is 0.0405. The van der Waals surface area contributed by atoms with Crippen LogP contribution < -0.4 is 0 Å². The van der Waals surface area contributed by atoms with Crippen LogP contribution in [0.3, 0.4) is 0 Å². The molecular formula is C15H19N3OS. The van der Waals surface area contributed by atoms with Crippen molar-refractivity contribution in [1.29, 1.82) is 0 Å². The molecule has 0 spiro atoms. The maximum atomic E-state index is 12.7. The van der Waals surface area contributed by atoms with Gasteiger partial charge >= 0.3 is 0 Å². The molecule has 1 aliphatic rings. The zero-order valence-electron chi connectivity index (χ0n) is 11.9. The zero-order valence-corrected chi connectivity index (χ0v) is 12.7. The first-order chi connectivity index (χ1) is 9.68. The van der Waals surface area contributed by atoms with Gasteiger partial charge in [-0.1, -0.05) is 18.2 Å². The Morgan fingerprint density at radius 1 is 1.35 bits per heavy atom. The number of fused-ring (bicyclic) bond motifs is 1. The predicted molar refractivity (Wildman–Crippen MR) is 83.2 cm³/mol. The molecule has 3 rings (SSSR count). The van der Waals surface area contributed by atoms with Crippen LogP contribution >= 0.6 is 11.8 Å². The third-order valence-corrected chi connectivity index (χ3v) is 5.07. The zero-order chi connectivity index (χ0) is 14.1. The molecule has 1 saturated heterocycles. The fraction of sp³-hybridized carbons (Fsp3) is 0.467. The van der Waals surface area contributed by atoms with Crippen molar-refractivity contribution in [1.82, 2.24) is 14.7 Å². The molecule has 0 atom stereocenters. The molecule has 2 heterocycles. The van der Waals surface area contributed by atoms with Crippen LogP contribution in [0.5, 0.6) is 0 Å². The van der Waals surface area contributed by atoms with E-state index in [9.17, 15) is 4.79 Å². The minimum absolute atomic E-state index is 0.0405. The molecule has 20 heavy (non-hydrogen) atoms. The van der Waals surface area contributed by atoms with E-state index in [1.807, 2.05) is 55.0 Å². The quantitative estimate of drug-likeness (QED) is 0.852. The van der Waals surface area contributed by atoms with E-state index in [-0.39, 0.29) is 5.91 Å². The van der Waals surface area contributed by atoms with Gasteiger partial charge in [-0.2, -0.15) is 16.9 Å². The van der Waals surface area contributed by atoms with Crippen LogP contribution in [0.15, 0.2) is 24.3 Å². The van der Waals surface area contributed by atoms with Crippen molar-refractivity contribution in [3.8, 4) is 0 Å². The van der Waals surface area contributed by atoms with Gasteiger partial charge in [0, 0.05) is 25.5 Å². The Hall–Kier alpha value is -1.49. The molecule has 0 unspecified atom stereocenters. The van der Waals surface area contributed by atoms with Crippen LogP contribution in [0.2, 0.25) is 0 Å². The average Bonchev–Trinajstić information content (AvgIpc) is 2.84. The summed E-state index contributed by atoms with van der Waals surface area (Å²) >= 11 is 1.97. The number of aryl methyl sites for hydroxylation is 1. The van der Waals surface area contributed by atoms with E-state index < -0.39 is 0 Å². The fourth-order valence-corrected chi connectivity index (χ4v) is 3.86. The standard InChI is InChI=1S/C15H19N3OS/c1-17(11-7-9-20-10-8-11)15(19)14-12-5-3-4-6-13(12)18(2)16-14/h3-6,11H,7-10H2,1-2H3. The first kappa shape index (κ1) is 13.5. The molecule has 2 aromatic rings. The highest BCUT2D eigenvalue weighted by Crippen LogP contribution is 2.24. The number of carbonyl (C=O) groups excluding carboxylic acids is 1. The van der Waals surface area contributed by atoms with Gasteiger partial charge in [-0.3, -0.25) is 9.48 Å². The molecule has 1 amide bonds. The summed E-state index contributed by atoms with van der Waals surface area (Å²) in [6.45, 7) is 0. The van der Waals surface area contributed by atoms with Crippen molar-refractivity contribution in [3.63, 3.8) is 0 Å². The molecule has 0 radical (unpaired) electrons. The Morgan fingerprint density at radius 3 is 2.80 bits per heavy atom. The second-order valence-corrected chi connectivity index (χ2v) is 6.47. The smallest absolute Gasteiger partial charge is 0.274 e. The molecule has 0 saturated carbocycles. The third kappa shape index (κ3) is 2.30. The van der Waals surface area contributed by atoms with Gasteiger partial charge in [-0.25, -0.2) is 0 Å². The molecule has 0 N–H and O–H groups in total. The summed E-state index contributed by atoms with van der Waals surface area (Å²) in [4.78, 5) is 14.6. The lowest BCUT2D eigenvalue weighted by Gasteiger charge is -2.30. The minimum Gasteiger partial charge on any atom is -0.337 e. The van der Waals surface area contributed by atoms with Gasteiger partial charge in [0.05, 0.1) is 5.52 Å². The normalized spacial score (nSPS) is 16.5. The Bertz CT molecular complexity index is 631. The van der Waals surface area contributed by atoms with Crippen LogP contribution in [-0.2, 0) is 7.05 Å². The first-order valence-corrected chi connectivity index (χ1v) is 8.10. The van der Waals surface area contributed by atoms with Gasteiger partial charge in [-0.05, 0) is 30.4 Å². The molecule has 1 fully saturated rings. The van der Waals surface area contributed by atoms with Gasteiger partial charge in [0.2, 0.25) is 0 Å².